The van der Waals surface area contributed by atoms with Gasteiger partial charge >= 0.3 is 0 Å². The highest BCUT2D eigenvalue weighted by Gasteiger charge is 2.48. The molecular formula is C42H29N3Si. The average molecular weight is 604 g/mol. The first-order valence-electron chi connectivity index (χ1n) is 15.4. The molecule has 0 saturated carbocycles. The minimum atomic E-state index is -2.64. The maximum atomic E-state index is 9.58. The van der Waals surface area contributed by atoms with Gasteiger partial charge in [-0.3, -0.25) is 4.98 Å². The SMILES string of the molecule is N#Cc1cnccc1-c1ccc(-c2cccc(N3c4ccccc4[Si](c4ccccc4)(c4ccccc4)c4ccccc43)c2)cc1. The van der Waals surface area contributed by atoms with Crippen molar-refractivity contribution in [1.82, 2.24) is 4.98 Å². The number of aromatic nitrogens is 1. The van der Waals surface area contributed by atoms with Gasteiger partial charge in [0.2, 0.25) is 0 Å². The molecule has 0 N–H and O–H groups in total. The van der Waals surface area contributed by atoms with Gasteiger partial charge in [-0.25, -0.2) is 0 Å². The van der Waals surface area contributed by atoms with Gasteiger partial charge in [-0.1, -0.05) is 133 Å². The van der Waals surface area contributed by atoms with Crippen molar-refractivity contribution < 1.29 is 0 Å². The molecule has 1 aliphatic rings. The number of benzene rings is 6. The summed E-state index contributed by atoms with van der Waals surface area (Å²) in [6.45, 7) is 0. The lowest BCUT2D eigenvalue weighted by atomic mass is 9.98. The van der Waals surface area contributed by atoms with Crippen molar-refractivity contribution in [3.63, 3.8) is 0 Å². The summed E-state index contributed by atoms with van der Waals surface area (Å²) in [5.74, 6) is 0. The molecule has 0 saturated heterocycles. The maximum absolute atomic E-state index is 9.58. The second kappa shape index (κ2) is 11.5. The summed E-state index contributed by atoms with van der Waals surface area (Å²) in [4.78, 5) is 6.55. The summed E-state index contributed by atoms with van der Waals surface area (Å²) in [7, 11) is -2.64. The van der Waals surface area contributed by atoms with Crippen molar-refractivity contribution in [3.8, 4) is 28.3 Å². The lowest BCUT2D eigenvalue weighted by Crippen LogP contribution is -2.77. The van der Waals surface area contributed by atoms with Crippen molar-refractivity contribution in [2.45, 2.75) is 0 Å². The van der Waals surface area contributed by atoms with Crippen molar-refractivity contribution >= 4 is 45.9 Å². The third-order valence-corrected chi connectivity index (χ3v) is 13.9. The molecule has 2 heterocycles. The predicted molar refractivity (Wildman–Crippen MR) is 192 cm³/mol. The smallest absolute Gasteiger partial charge is 0.184 e. The number of nitrogens with zero attached hydrogens (tertiary/aromatic N) is 3. The maximum Gasteiger partial charge on any atom is 0.184 e. The van der Waals surface area contributed by atoms with Crippen LogP contribution in [-0.4, -0.2) is 13.1 Å². The van der Waals surface area contributed by atoms with Crippen molar-refractivity contribution in [2.24, 2.45) is 0 Å². The van der Waals surface area contributed by atoms with Gasteiger partial charge in [-0.15, -0.1) is 0 Å². The first-order chi connectivity index (χ1) is 22.8. The molecule has 1 aliphatic heterocycles. The molecule has 46 heavy (non-hydrogen) atoms. The minimum Gasteiger partial charge on any atom is -0.311 e. The second-order valence-corrected chi connectivity index (χ2v) is 15.2. The lowest BCUT2D eigenvalue weighted by molar-refractivity contribution is 1.29. The van der Waals surface area contributed by atoms with Gasteiger partial charge in [0.1, 0.15) is 6.07 Å². The van der Waals surface area contributed by atoms with Crippen LogP contribution in [0.2, 0.25) is 0 Å². The van der Waals surface area contributed by atoms with Crippen molar-refractivity contribution in [3.05, 3.63) is 182 Å². The summed E-state index contributed by atoms with van der Waals surface area (Å²) in [5.41, 5.74) is 8.27. The highest BCUT2D eigenvalue weighted by Crippen LogP contribution is 2.39. The zero-order valence-corrected chi connectivity index (χ0v) is 26.1. The van der Waals surface area contributed by atoms with Crippen LogP contribution in [0.1, 0.15) is 5.56 Å². The Bertz CT molecular complexity index is 2130. The van der Waals surface area contributed by atoms with Gasteiger partial charge in [0.05, 0.1) is 5.56 Å². The van der Waals surface area contributed by atoms with E-state index in [1.807, 2.05) is 6.07 Å². The molecule has 0 bridgehead atoms. The van der Waals surface area contributed by atoms with Crippen LogP contribution in [0.15, 0.2) is 176 Å². The Balaban J connectivity index is 1.29. The summed E-state index contributed by atoms with van der Waals surface area (Å²) >= 11 is 0. The van der Waals surface area contributed by atoms with Crippen LogP contribution in [0.25, 0.3) is 22.3 Å². The first-order valence-corrected chi connectivity index (χ1v) is 17.4. The van der Waals surface area contributed by atoms with E-state index in [9.17, 15) is 5.26 Å². The van der Waals surface area contributed by atoms with Gasteiger partial charge in [0, 0.05) is 35.0 Å². The molecule has 3 nitrogen and oxygen atoms in total. The molecule has 0 radical (unpaired) electrons. The Labute approximate surface area is 270 Å². The number of hydrogen-bond acceptors (Lipinski definition) is 3. The van der Waals surface area contributed by atoms with Crippen molar-refractivity contribution in [2.75, 3.05) is 4.90 Å². The number of anilines is 3. The largest absolute Gasteiger partial charge is 0.311 e. The van der Waals surface area contributed by atoms with Gasteiger partial charge < -0.3 is 4.90 Å². The van der Waals surface area contributed by atoms with Crippen LogP contribution in [0.4, 0.5) is 17.1 Å². The Morgan fingerprint density at radius 2 is 1.09 bits per heavy atom. The fraction of sp³-hybridized carbons (Fsp3) is 0. The third-order valence-electron chi connectivity index (χ3n) is 9.09. The number of hydrogen-bond donors (Lipinski definition) is 0. The van der Waals surface area contributed by atoms with Crippen LogP contribution in [0.5, 0.6) is 0 Å². The van der Waals surface area contributed by atoms with E-state index in [0.29, 0.717) is 5.56 Å². The van der Waals surface area contributed by atoms with Crippen LogP contribution < -0.4 is 25.6 Å². The molecule has 216 valence electrons. The van der Waals surface area contributed by atoms with Crippen LogP contribution >= 0.6 is 0 Å². The Hall–Kier alpha value is -6.02. The normalized spacial score (nSPS) is 12.9. The van der Waals surface area contributed by atoms with Crippen LogP contribution in [0.3, 0.4) is 0 Å². The fourth-order valence-corrected chi connectivity index (χ4v) is 12.2. The topological polar surface area (TPSA) is 39.9 Å². The van der Waals surface area contributed by atoms with E-state index in [1.165, 1.54) is 32.1 Å². The van der Waals surface area contributed by atoms with E-state index in [-0.39, 0.29) is 0 Å². The molecule has 1 aromatic heterocycles. The molecular weight excluding hydrogens is 575 g/mol. The molecule has 0 unspecified atom stereocenters. The van der Waals surface area contributed by atoms with E-state index in [2.05, 4.69) is 174 Å². The second-order valence-electron chi connectivity index (χ2n) is 11.5. The molecule has 6 aromatic carbocycles. The highest BCUT2D eigenvalue weighted by molar-refractivity contribution is 7.21. The molecule has 0 fully saturated rings. The zero-order chi connectivity index (χ0) is 30.9. The summed E-state index contributed by atoms with van der Waals surface area (Å²) in [6.07, 6.45) is 3.35. The molecule has 0 aliphatic carbocycles. The van der Waals surface area contributed by atoms with E-state index in [4.69, 9.17) is 0 Å². The molecule has 8 rings (SSSR count). The Morgan fingerprint density at radius 3 is 1.70 bits per heavy atom. The van der Waals surface area contributed by atoms with Crippen LogP contribution in [-0.2, 0) is 0 Å². The fourth-order valence-electron chi connectivity index (χ4n) is 7.09. The number of nitriles is 1. The van der Waals surface area contributed by atoms with Crippen molar-refractivity contribution in [1.29, 1.82) is 5.26 Å². The standard InChI is InChI=1S/C42H29N3Si/c43-29-34-30-44-27-26-38(34)32-24-22-31(23-25-32)33-12-11-13-35(28-33)45-39-18-7-9-20-41(39)46(36-14-3-1-4-15-36,37-16-5-2-6-17-37)42-21-10-8-19-40(42)45/h1-28,30H. The molecule has 4 heteroatoms. The predicted octanol–water partition coefficient (Wildman–Crippen LogP) is 7.45. The molecule has 0 amide bonds. The van der Waals surface area contributed by atoms with Crippen LogP contribution in [0, 0.1) is 11.3 Å². The number of fused-ring (bicyclic) bond motifs is 2. The molecule has 0 atom stereocenters. The zero-order valence-electron chi connectivity index (χ0n) is 25.1. The average Bonchev–Trinajstić information content (AvgIpc) is 3.14. The van der Waals surface area contributed by atoms with Gasteiger partial charge in [0.25, 0.3) is 0 Å². The first kappa shape index (κ1) is 27.5. The number of pyridine rings is 1. The molecule has 0 spiro atoms. The van der Waals surface area contributed by atoms with E-state index in [1.54, 1.807) is 12.4 Å². The lowest BCUT2D eigenvalue weighted by Gasteiger charge is -2.45. The summed E-state index contributed by atoms with van der Waals surface area (Å²) < 4.78 is 0. The van der Waals surface area contributed by atoms with Gasteiger partial charge in [-0.2, -0.15) is 5.26 Å². The van der Waals surface area contributed by atoms with E-state index < -0.39 is 8.07 Å². The number of rotatable bonds is 5. The highest BCUT2D eigenvalue weighted by atomic mass is 28.3. The summed E-state index contributed by atoms with van der Waals surface area (Å²) in [6, 6.07) is 61.6. The van der Waals surface area contributed by atoms with E-state index >= 15 is 0 Å². The number of para-hydroxylation sites is 2. The minimum absolute atomic E-state index is 0.574. The molecule has 7 aromatic rings. The quantitative estimate of drug-likeness (QED) is 0.192. The van der Waals surface area contributed by atoms with E-state index in [0.717, 1.165) is 27.9 Å². The Kier molecular flexibility index (Phi) is 6.87. The monoisotopic (exact) mass is 603 g/mol. The summed E-state index contributed by atoms with van der Waals surface area (Å²) in [5, 5.41) is 15.1. The van der Waals surface area contributed by atoms with Gasteiger partial charge in [0.15, 0.2) is 8.07 Å². The Morgan fingerprint density at radius 1 is 0.522 bits per heavy atom. The van der Waals surface area contributed by atoms with Gasteiger partial charge in [-0.05, 0) is 67.8 Å². The third kappa shape index (κ3) is 4.37.